The summed E-state index contributed by atoms with van der Waals surface area (Å²) in [5.74, 6) is 0.965. The van der Waals surface area contributed by atoms with Crippen molar-refractivity contribution in [3.05, 3.63) is 106 Å². The van der Waals surface area contributed by atoms with E-state index in [0.29, 0.717) is 43.5 Å². The zero-order valence-corrected chi connectivity index (χ0v) is 22.4. The predicted octanol–water partition coefficient (Wildman–Crippen LogP) is 5.90. The molecule has 5 rings (SSSR count). The average Bonchev–Trinajstić information content (AvgIpc) is 3.39. The van der Waals surface area contributed by atoms with Crippen LogP contribution in [-0.4, -0.2) is 53.7 Å². The molecule has 1 fully saturated rings. The third-order valence-electron chi connectivity index (χ3n) is 7.36. The highest BCUT2D eigenvalue weighted by atomic mass is 16.5. The maximum absolute atomic E-state index is 14.6. The molecule has 0 spiro atoms. The van der Waals surface area contributed by atoms with Gasteiger partial charge in [-0.15, -0.1) is 0 Å². The van der Waals surface area contributed by atoms with E-state index in [9.17, 15) is 10.3 Å². The van der Waals surface area contributed by atoms with E-state index in [1.54, 1.807) is 6.07 Å². The van der Waals surface area contributed by atoms with Crippen LogP contribution in [0.15, 0.2) is 89.0 Å². The van der Waals surface area contributed by atoms with Crippen molar-refractivity contribution in [1.29, 1.82) is 0 Å². The minimum absolute atomic E-state index is 0.0690. The third kappa shape index (κ3) is 5.81. The summed E-state index contributed by atoms with van der Waals surface area (Å²) in [7, 11) is 0. The van der Waals surface area contributed by atoms with E-state index < -0.39 is 11.6 Å². The molecule has 3 aromatic carbocycles. The van der Waals surface area contributed by atoms with E-state index in [2.05, 4.69) is 10.0 Å². The van der Waals surface area contributed by atoms with Crippen LogP contribution in [0.1, 0.15) is 48.5 Å². The van der Waals surface area contributed by atoms with Crippen molar-refractivity contribution in [1.82, 2.24) is 4.90 Å². The van der Waals surface area contributed by atoms with E-state index in [-0.39, 0.29) is 18.9 Å². The number of amides is 1. The number of nitrogens with zero attached hydrogens (tertiary/aromatic N) is 5. The van der Waals surface area contributed by atoms with Crippen LogP contribution in [0.2, 0.25) is 0 Å². The first kappa shape index (κ1) is 27.2. The predicted molar refractivity (Wildman–Crippen MR) is 153 cm³/mol. The first-order valence-electron chi connectivity index (χ1n) is 13.7. The van der Waals surface area contributed by atoms with Crippen molar-refractivity contribution < 1.29 is 19.4 Å². The van der Waals surface area contributed by atoms with Crippen molar-refractivity contribution in [3.63, 3.8) is 0 Å². The van der Waals surface area contributed by atoms with E-state index in [1.807, 2.05) is 77.7 Å². The first-order chi connectivity index (χ1) is 19.6. The quantitative estimate of drug-likeness (QED) is 0.149. The molecule has 2 atom stereocenters. The number of aliphatic hydroxyl groups is 1. The lowest BCUT2D eigenvalue weighted by atomic mass is 9.81. The smallest absolute Gasteiger partial charge is 0.255 e. The minimum atomic E-state index is -1.30. The van der Waals surface area contributed by atoms with Gasteiger partial charge in [0.2, 0.25) is 5.90 Å². The van der Waals surface area contributed by atoms with Crippen LogP contribution >= 0.6 is 0 Å². The van der Waals surface area contributed by atoms with Gasteiger partial charge in [-0.05, 0) is 60.2 Å². The monoisotopic (exact) mass is 539 g/mol. The van der Waals surface area contributed by atoms with Gasteiger partial charge in [0.05, 0.1) is 6.61 Å². The largest absolute Gasteiger partial charge is 0.494 e. The van der Waals surface area contributed by atoms with Crippen LogP contribution in [0.5, 0.6) is 5.75 Å². The highest BCUT2D eigenvalue weighted by Gasteiger charge is 2.55. The molecule has 206 valence electrons. The van der Waals surface area contributed by atoms with Crippen molar-refractivity contribution in [2.45, 2.75) is 43.7 Å². The number of aliphatic hydroxyl groups excluding tert-OH is 1. The summed E-state index contributed by atoms with van der Waals surface area (Å²) in [5.41, 5.74) is 10.7. The summed E-state index contributed by atoms with van der Waals surface area (Å²) >= 11 is 0. The Morgan fingerprint density at radius 2 is 1.77 bits per heavy atom. The molecule has 0 saturated carbocycles. The summed E-state index contributed by atoms with van der Waals surface area (Å²) in [5, 5.41) is 12.9. The molecule has 0 aromatic heterocycles. The molecule has 1 saturated heterocycles. The van der Waals surface area contributed by atoms with Crippen molar-refractivity contribution in [2.75, 3.05) is 26.3 Å². The molecule has 9 nitrogen and oxygen atoms in total. The molecular weight excluding hydrogens is 506 g/mol. The van der Waals surface area contributed by atoms with Crippen LogP contribution in [-0.2, 0) is 16.0 Å². The second kappa shape index (κ2) is 12.7. The van der Waals surface area contributed by atoms with Gasteiger partial charge in [0.1, 0.15) is 5.75 Å². The zero-order chi connectivity index (χ0) is 27.8. The average molecular weight is 540 g/mol. The van der Waals surface area contributed by atoms with Gasteiger partial charge in [-0.2, -0.15) is 0 Å². The number of hydrogen-bond donors (Lipinski definition) is 1. The molecule has 3 aromatic rings. The highest BCUT2D eigenvalue weighted by Crippen LogP contribution is 2.45. The van der Waals surface area contributed by atoms with Gasteiger partial charge in [0, 0.05) is 48.7 Å². The van der Waals surface area contributed by atoms with Gasteiger partial charge in [-0.1, -0.05) is 59.7 Å². The number of ether oxygens (including phenoxy) is 2. The third-order valence-corrected chi connectivity index (χ3v) is 7.36. The van der Waals surface area contributed by atoms with Crippen LogP contribution in [0, 0.1) is 0 Å². The number of hydrogen-bond acceptors (Lipinski definition) is 6. The van der Waals surface area contributed by atoms with Gasteiger partial charge in [0.15, 0.2) is 11.6 Å². The summed E-state index contributed by atoms with van der Waals surface area (Å²) < 4.78 is 12.3. The number of benzene rings is 3. The summed E-state index contributed by atoms with van der Waals surface area (Å²) in [4.78, 5) is 24.6. The Morgan fingerprint density at radius 1 is 1.05 bits per heavy atom. The number of carbonyl (C=O) groups excluding carboxylic acids is 1. The molecular formula is C31H33N5O4. The Bertz CT molecular complexity index is 1380. The Balaban J connectivity index is 1.61. The number of piperidine rings is 1. The highest BCUT2D eigenvalue weighted by molar-refractivity contribution is 6.01. The number of carbonyl (C=O) groups is 1. The molecule has 0 aliphatic carbocycles. The standard InChI is InChI=1S/C31H33N5O4/c32-35-34-27-13-6-5-12-25(27)22-31(30(38)36-18-7-2-8-19-36)28(23-10-3-1-4-11-23)40-29(33-31)24-14-16-26(17-15-24)39-21-9-20-37/h1,3-6,10-17,28,37H,2,7-9,18-22H2/t28-,31-/m1/s1. The minimum Gasteiger partial charge on any atom is -0.494 e. The van der Waals surface area contributed by atoms with Gasteiger partial charge < -0.3 is 19.5 Å². The molecule has 40 heavy (non-hydrogen) atoms. The lowest BCUT2D eigenvalue weighted by Gasteiger charge is -2.37. The van der Waals surface area contributed by atoms with E-state index in [4.69, 9.17) is 19.6 Å². The molecule has 9 heteroatoms. The summed E-state index contributed by atoms with van der Waals surface area (Å²) in [6, 6.07) is 24.4. The van der Waals surface area contributed by atoms with Gasteiger partial charge in [-0.25, -0.2) is 4.99 Å². The fourth-order valence-corrected chi connectivity index (χ4v) is 5.36. The lowest BCUT2D eigenvalue weighted by molar-refractivity contribution is -0.140. The van der Waals surface area contributed by atoms with E-state index >= 15 is 0 Å². The van der Waals surface area contributed by atoms with Crippen molar-refractivity contribution >= 4 is 17.5 Å². The SMILES string of the molecule is [N-]=[N+]=Nc1ccccc1C[C@@]1(C(=O)N2CCCCC2)N=C(c2ccc(OCCCO)cc2)O[C@@H]1c1ccccc1. The second-order valence-corrected chi connectivity index (χ2v) is 10.0. The number of azide groups is 1. The number of likely N-dealkylation sites (tertiary alicyclic amines) is 1. The van der Waals surface area contributed by atoms with Gasteiger partial charge >= 0.3 is 0 Å². The van der Waals surface area contributed by atoms with Crippen LogP contribution in [0.25, 0.3) is 10.4 Å². The Kier molecular flexibility index (Phi) is 8.64. The Morgan fingerprint density at radius 3 is 2.50 bits per heavy atom. The van der Waals surface area contributed by atoms with Crippen molar-refractivity contribution in [2.24, 2.45) is 10.1 Å². The van der Waals surface area contributed by atoms with Crippen LogP contribution in [0.3, 0.4) is 0 Å². The lowest BCUT2D eigenvalue weighted by Crippen LogP contribution is -2.53. The molecule has 1 N–H and O–H groups in total. The maximum Gasteiger partial charge on any atom is 0.255 e. The zero-order valence-electron chi connectivity index (χ0n) is 22.4. The fraction of sp³-hybridized carbons (Fsp3) is 0.355. The number of rotatable bonds is 10. The summed E-state index contributed by atoms with van der Waals surface area (Å²) in [6.07, 6.45) is 3.07. The molecule has 2 aliphatic rings. The Hall–Kier alpha value is -4.33. The molecule has 2 heterocycles. The summed E-state index contributed by atoms with van der Waals surface area (Å²) in [6.45, 7) is 1.83. The first-order valence-corrected chi connectivity index (χ1v) is 13.7. The molecule has 2 aliphatic heterocycles. The van der Waals surface area contributed by atoms with Crippen LogP contribution in [0.4, 0.5) is 5.69 Å². The normalized spacial score (nSPS) is 20.3. The van der Waals surface area contributed by atoms with Gasteiger partial charge in [0.25, 0.3) is 5.91 Å². The molecule has 0 unspecified atom stereocenters. The van der Waals surface area contributed by atoms with Gasteiger partial charge in [-0.3, -0.25) is 4.79 Å². The number of aliphatic imine (C=N–C) groups is 1. The van der Waals surface area contributed by atoms with Crippen molar-refractivity contribution in [3.8, 4) is 5.75 Å². The van der Waals surface area contributed by atoms with E-state index in [0.717, 1.165) is 36.0 Å². The van der Waals surface area contributed by atoms with E-state index in [1.165, 1.54) is 0 Å². The van der Waals surface area contributed by atoms with Crippen LogP contribution < -0.4 is 4.74 Å². The molecule has 0 bridgehead atoms. The maximum atomic E-state index is 14.6. The Labute approximate surface area is 233 Å². The molecule has 0 radical (unpaired) electrons. The molecule has 1 amide bonds. The second-order valence-electron chi connectivity index (χ2n) is 10.0. The fourth-order valence-electron chi connectivity index (χ4n) is 5.36. The topological polar surface area (TPSA) is 120 Å².